The number of carbonyl (C=O) groups is 2. The van der Waals surface area contributed by atoms with Crippen molar-refractivity contribution in [2.75, 3.05) is 13.2 Å². The predicted molar refractivity (Wildman–Crippen MR) is 230 cm³/mol. The second-order valence-corrected chi connectivity index (χ2v) is 16.6. The third kappa shape index (κ3) is 44.8. The predicted octanol–water partition coefficient (Wildman–Crippen LogP) is 14.1. The van der Waals surface area contributed by atoms with Crippen LogP contribution in [0.25, 0.3) is 0 Å². The first-order chi connectivity index (χ1) is 26.8. The summed E-state index contributed by atoms with van der Waals surface area (Å²) in [6.07, 6.45) is 50.2. The van der Waals surface area contributed by atoms with Crippen LogP contribution >= 0.6 is 7.82 Å². The lowest BCUT2D eigenvalue weighted by atomic mass is 10.0. The maximum atomic E-state index is 12.4. The second-order valence-electron chi connectivity index (χ2n) is 15.4. The molecule has 0 unspecified atom stereocenters. The third-order valence-electron chi connectivity index (χ3n) is 9.92. The molecule has 0 saturated heterocycles. The first kappa shape index (κ1) is 53.3. The molecule has 0 amide bonds. The summed E-state index contributed by atoms with van der Waals surface area (Å²) in [4.78, 5) is 42.9. The number of phosphoric acid groups is 1. The quantitative estimate of drug-likeness (QED) is 0.0271. The lowest BCUT2D eigenvalue weighted by Crippen LogP contribution is -2.29. The van der Waals surface area contributed by atoms with Crippen molar-refractivity contribution in [1.29, 1.82) is 0 Å². The summed E-state index contributed by atoms with van der Waals surface area (Å²) < 4.78 is 26.4. The molecule has 322 valence electrons. The molecule has 0 heterocycles. The number of esters is 2. The Morgan fingerprint density at radius 1 is 0.491 bits per heavy atom. The molecule has 0 aromatic heterocycles. The Labute approximate surface area is 338 Å². The first-order valence-corrected chi connectivity index (χ1v) is 24.3. The van der Waals surface area contributed by atoms with Gasteiger partial charge < -0.3 is 19.3 Å². The van der Waals surface area contributed by atoms with Crippen molar-refractivity contribution < 1.29 is 37.9 Å². The van der Waals surface area contributed by atoms with E-state index in [9.17, 15) is 14.2 Å². The highest BCUT2D eigenvalue weighted by molar-refractivity contribution is 7.46. The number of unbranched alkanes of at least 4 members (excludes halogenated alkanes) is 26. The van der Waals surface area contributed by atoms with E-state index in [2.05, 4.69) is 54.8 Å². The standard InChI is InChI=1S/C46H85O8P/c1-3-5-7-9-11-13-15-17-19-20-21-22-23-24-25-27-29-31-33-35-37-39-41-46(48)54-44(43-53-55(49,50)51)42-52-45(47)40-38-36-34-32-30-28-26-18-16-14-12-10-8-6-4-2/h6,8,12,14,18,26,44H,3-5,7,9-11,13,15-17,19-25,27-43H2,1-2H3,(H2,49,50,51)/b8-6+,14-12+,26-18+/t44-/m1/s1. The van der Waals surface area contributed by atoms with Gasteiger partial charge in [0.1, 0.15) is 6.61 Å². The summed E-state index contributed by atoms with van der Waals surface area (Å²) in [6, 6.07) is 0. The number of carbonyl (C=O) groups excluding carboxylic acids is 2. The Hall–Kier alpha value is -1.73. The maximum Gasteiger partial charge on any atom is 0.469 e. The average Bonchev–Trinajstić information content (AvgIpc) is 3.16. The van der Waals surface area contributed by atoms with Crippen molar-refractivity contribution in [2.45, 2.75) is 232 Å². The molecule has 0 bridgehead atoms. The summed E-state index contributed by atoms with van der Waals surface area (Å²) in [6.45, 7) is 3.59. The van der Waals surface area contributed by atoms with Gasteiger partial charge in [-0.1, -0.05) is 204 Å². The van der Waals surface area contributed by atoms with Gasteiger partial charge in [0, 0.05) is 12.8 Å². The van der Waals surface area contributed by atoms with Crippen LogP contribution in [-0.2, 0) is 28.2 Å². The molecule has 0 aromatic rings. The minimum absolute atomic E-state index is 0.212. The van der Waals surface area contributed by atoms with Crippen LogP contribution in [-0.4, -0.2) is 41.0 Å². The van der Waals surface area contributed by atoms with E-state index in [4.69, 9.17) is 19.3 Å². The molecule has 0 saturated carbocycles. The van der Waals surface area contributed by atoms with Crippen LogP contribution in [0.4, 0.5) is 0 Å². The van der Waals surface area contributed by atoms with Gasteiger partial charge in [-0.05, 0) is 44.9 Å². The van der Waals surface area contributed by atoms with Crippen LogP contribution in [0.1, 0.15) is 226 Å². The number of rotatable bonds is 42. The Bertz CT molecular complexity index is 988. The zero-order valence-electron chi connectivity index (χ0n) is 35.6. The van der Waals surface area contributed by atoms with Crippen molar-refractivity contribution in [3.8, 4) is 0 Å². The lowest BCUT2D eigenvalue weighted by molar-refractivity contribution is -0.161. The van der Waals surface area contributed by atoms with Crippen molar-refractivity contribution >= 4 is 19.8 Å². The highest BCUT2D eigenvalue weighted by Crippen LogP contribution is 2.36. The molecular weight excluding hydrogens is 711 g/mol. The summed E-state index contributed by atoms with van der Waals surface area (Å²) in [5.41, 5.74) is 0. The van der Waals surface area contributed by atoms with E-state index in [1.54, 1.807) is 0 Å². The number of ether oxygens (including phenoxy) is 2. The van der Waals surface area contributed by atoms with E-state index < -0.39 is 32.5 Å². The minimum atomic E-state index is -4.76. The molecule has 0 aliphatic carbocycles. The molecule has 0 aliphatic rings. The summed E-state index contributed by atoms with van der Waals surface area (Å²) in [7, 11) is -4.76. The van der Waals surface area contributed by atoms with Gasteiger partial charge in [-0.2, -0.15) is 0 Å². The average molecular weight is 797 g/mol. The topological polar surface area (TPSA) is 119 Å². The van der Waals surface area contributed by atoms with Crippen LogP contribution in [0.2, 0.25) is 0 Å². The molecule has 55 heavy (non-hydrogen) atoms. The van der Waals surface area contributed by atoms with Crippen LogP contribution in [0.3, 0.4) is 0 Å². The fraction of sp³-hybridized carbons (Fsp3) is 0.826. The van der Waals surface area contributed by atoms with Gasteiger partial charge in [-0.15, -0.1) is 0 Å². The summed E-state index contributed by atoms with van der Waals surface area (Å²) in [5, 5.41) is 0. The highest BCUT2D eigenvalue weighted by Gasteiger charge is 2.23. The zero-order chi connectivity index (χ0) is 40.3. The largest absolute Gasteiger partial charge is 0.469 e. The van der Waals surface area contributed by atoms with Crippen molar-refractivity contribution in [3.05, 3.63) is 36.5 Å². The van der Waals surface area contributed by atoms with Crippen molar-refractivity contribution in [1.82, 2.24) is 0 Å². The van der Waals surface area contributed by atoms with Crippen molar-refractivity contribution in [3.63, 3.8) is 0 Å². The van der Waals surface area contributed by atoms with E-state index >= 15 is 0 Å². The molecule has 0 fully saturated rings. The third-order valence-corrected chi connectivity index (χ3v) is 10.4. The van der Waals surface area contributed by atoms with Gasteiger partial charge in [-0.3, -0.25) is 14.1 Å². The molecule has 9 heteroatoms. The number of allylic oxidation sites excluding steroid dienone is 6. The molecule has 0 aromatic carbocycles. The van der Waals surface area contributed by atoms with Crippen LogP contribution in [0.5, 0.6) is 0 Å². The Kier molecular flexibility index (Phi) is 40.6. The smallest absolute Gasteiger partial charge is 0.462 e. The molecule has 8 nitrogen and oxygen atoms in total. The molecule has 0 radical (unpaired) electrons. The second kappa shape index (κ2) is 41.9. The van der Waals surface area contributed by atoms with E-state index in [0.717, 1.165) is 70.6 Å². The first-order valence-electron chi connectivity index (χ1n) is 22.8. The van der Waals surface area contributed by atoms with Crippen LogP contribution in [0.15, 0.2) is 36.5 Å². The molecule has 2 N–H and O–H groups in total. The summed E-state index contributed by atoms with van der Waals surface area (Å²) >= 11 is 0. The fourth-order valence-corrected chi connectivity index (χ4v) is 6.93. The number of phosphoric ester groups is 1. The zero-order valence-corrected chi connectivity index (χ0v) is 36.5. The Morgan fingerprint density at radius 3 is 1.31 bits per heavy atom. The monoisotopic (exact) mass is 797 g/mol. The van der Waals surface area contributed by atoms with E-state index in [-0.39, 0.29) is 19.4 Å². The molecular formula is C46H85O8P. The Morgan fingerprint density at radius 2 is 0.873 bits per heavy atom. The Balaban J connectivity index is 3.84. The lowest BCUT2D eigenvalue weighted by Gasteiger charge is -2.18. The SMILES string of the molecule is CC/C=C/C/C=C/C/C=C/CCCCCCCC(=O)OC[C@H](COP(=O)(O)O)OC(=O)CCCCCCCCCCCCCCCCCCCCCCCC. The van der Waals surface area contributed by atoms with Gasteiger partial charge in [0.2, 0.25) is 0 Å². The minimum Gasteiger partial charge on any atom is -0.462 e. The molecule has 0 rings (SSSR count). The normalized spacial score (nSPS) is 12.7. The maximum absolute atomic E-state index is 12.4. The van der Waals surface area contributed by atoms with Gasteiger partial charge in [0.05, 0.1) is 6.61 Å². The summed E-state index contributed by atoms with van der Waals surface area (Å²) in [5.74, 6) is -0.896. The van der Waals surface area contributed by atoms with Gasteiger partial charge >= 0.3 is 19.8 Å². The molecule has 0 aliphatic heterocycles. The van der Waals surface area contributed by atoms with Gasteiger partial charge in [0.15, 0.2) is 6.10 Å². The van der Waals surface area contributed by atoms with Crippen LogP contribution < -0.4 is 0 Å². The molecule has 0 spiro atoms. The van der Waals surface area contributed by atoms with E-state index in [1.807, 2.05) is 0 Å². The fourth-order valence-electron chi connectivity index (χ4n) is 6.57. The van der Waals surface area contributed by atoms with E-state index in [1.165, 1.54) is 116 Å². The van der Waals surface area contributed by atoms with Gasteiger partial charge in [-0.25, -0.2) is 4.57 Å². The number of hydrogen-bond acceptors (Lipinski definition) is 6. The van der Waals surface area contributed by atoms with E-state index in [0.29, 0.717) is 12.8 Å². The van der Waals surface area contributed by atoms with Crippen LogP contribution in [0, 0.1) is 0 Å². The molecule has 1 atom stereocenters. The number of hydrogen-bond donors (Lipinski definition) is 2. The van der Waals surface area contributed by atoms with Gasteiger partial charge in [0.25, 0.3) is 0 Å². The highest BCUT2D eigenvalue weighted by atomic mass is 31.2. The van der Waals surface area contributed by atoms with Crippen molar-refractivity contribution in [2.24, 2.45) is 0 Å².